The summed E-state index contributed by atoms with van der Waals surface area (Å²) in [6, 6.07) is 0. The standard InChI is InChI=1S/C7H12Cl2O/c1-4-7(2,3)10-5-6(8)9/h5H,4H2,1-3H3. The van der Waals surface area contributed by atoms with Gasteiger partial charge in [-0.15, -0.1) is 0 Å². The Balaban J connectivity index is 3.78. The third-order valence-corrected chi connectivity index (χ3v) is 1.50. The maximum absolute atomic E-state index is 5.34. The van der Waals surface area contributed by atoms with Crippen molar-refractivity contribution in [2.75, 3.05) is 0 Å². The van der Waals surface area contributed by atoms with Gasteiger partial charge in [-0.1, -0.05) is 30.1 Å². The van der Waals surface area contributed by atoms with E-state index in [0.29, 0.717) is 0 Å². The molecule has 0 spiro atoms. The summed E-state index contributed by atoms with van der Waals surface area (Å²) in [5, 5.41) is 0. The van der Waals surface area contributed by atoms with Gasteiger partial charge in [0.15, 0.2) is 0 Å². The molecule has 0 aliphatic heterocycles. The molecule has 0 aliphatic rings. The fourth-order valence-corrected chi connectivity index (χ4v) is 0.376. The van der Waals surface area contributed by atoms with Crippen LogP contribution < -0.4 is 0 Å². The minimum atomic E-state index is -0.172. The minimum Gasteiger partial charge on any atom is -0.493 e. The number of hydrogen-bond donors (Lipinski definition) is 0. The van der Waals surface area contributed by atoms with Gasteiger partial charge in [-0.25, -0.2) is 0 Å². The fraction of sp³-hybridized carbons (Fsp3) is 0.714. The Bertz CT molecular complexity index is 126. The lowest BCUT2D eigenvalue weighted by Gasteiger charge is -2.21. The molecule has 0 aromatic carbocycles. The predicted octanol–water partition coefficient (Wildman–Crippen LogP) is 3.47. The van der Waals surface area contributed by atoms with Crippen LogP contribution in [-0.4, -0.2) is 5.60 Å². The van der Waals surface area contributed by atoms with Crippen LogP contribution >= 0.6 is 23.2 Å². The van der Waals surface area contributed by atoms with E-state index in [2.05, 4.69) is 0 Å². The van der Waals surface area contributed by atoms with Crippen LogP contribution in [0, 0.1) is 0 Å². The SMILES string of the molecule is CCC(C)(C)OC=C(Cl)Cl. The molecule has 1 nitrogen and oxygen atoms in total. The molecular formula is C7H12Cl2O. The molecule has 0 amide bonds. The smallest absolute Gasteiger partial charge is 0.141 e. The second kappa shape index (κ2) is 4.09. The summed E-state index contributed by atoms with van der Waals surface area (Å²) in [5.41, 5.74) is -0.172. The molecular weight excluding hydrogens is 171 g/mol. The summed E-state index contributed by atoms with van der Waals surface area (Å²) in [4.78, 5) is 0. The Morgan fingerprint density at radius 1 is 1.50 bits per heavy atom. The molecule has 3 heteroatoms. The van der Waals surface area contributed by atoms with Gasteiger partial charge < -0.3 is 4.74 Å². The average Bonchev–Trinajstić information content (AvgIpc) is 1.85. The normalized spacial score (nSPS) is 10.9. The molecule has 0 N–H and O–H groups in total. The molecule has 10 heavy (non-hydrogen) atoms. The molecule has 0 aliphatic carbocycles. The third-order valence-electron chi connectivity index (χ3n) is 1.32. The van der Waals surface area contributed by atoms with Crippen LogP contribution in [0.3, 0.4) is 0 Å². The van der Waals surface area contributed by atoms with Gasteiger partial charge in [0.1, 0.15) is 16.4 Å². The van der Waals surface area contributed by atoms with E-state index in [4.69, 9.17) is 27.9 Å². The number of rotatable bonds is 3. The number of halogens is 2. The van der Waals surface area contributed by atoms with E-state index in [-0.39, 0.29) is 10.1 Å². The topological polar surface area (TPSA) is 9.23 Å². The molecule has 60 valence electrons. The predicted molar refractivity (Wildman–Crippen MR) is 45.2 cm³/mol. The zero-order valence-electron chi connectivity index (χ0n) is 6.45. The molecule has 0 heterocycles. The third kappa shape index (κ3) is 4.95. The maximum atomic E-state index is 5.34. The van der Waals surface area contributed by atoms with Crippen LogP contribution in [-0.2, 0) is 4.74 Å². The van der Waals surface area contributed by atoms with E-state index in [9.17, 15) is 0 Å². The lowest BCUT2D eigenvalue weighted by Crippen LogP contribution is -2.19. The fourth-order valence-electron chi connectivity index (χ4n) is 0.287. The van der Waals surface area contributed by atoms with Gasteiger partial charge in [0.2, 0.25) is 0 Å². The van der Waals surface area contributed by atoms with Gasteiger partial charge in [0, 0.05) is 0 Å². The molecule has 0 atom stereocenters. The quantitative estimate of drug-likeness (QED) is 0.608. The Morgan fingerprint density at radius 3 is 2.30 bits per heavy atom. The van der Waals surface area contributed by atoms with Crippen molar-refractivity contribution in [3.8, 4) is 0 Å². The van der Waals surface area contributed by atoms with E-state index in [0.717, 1.165) is 6.42 Å². The zero-order valence-corrected chi connectivity index (χ0v) is 7.96. The molecule has 0 aromatic rings. The van der Waals surface area contributed by atoms with Gasteiger partial charge in [-0.3, -0.25) is 0 Å². The van der Waals surface area contributed by atoms with Crippen molar-refractivity contribution >= 4 is 23.2 Å². The van der Waals surface area contributed by atoms with Crippen molar-refractivity contribution in [2.45, 2.75) is 32.8 Å². The highest BCUT2D eigenvalue weighted by Gasteiger charge is 2.13. The molecule has 0 fully saturated rings. The Kier molecular flexibility index (Phi) is 4.14. The molecule has 0 rings (SSSR count). The van der Waals surface area contributed by atoms with Crippen LogP contribution in [0.25, 0.3) is 0 Å². The summed E-state index contributed by atoms with van der Waals surface area (Å²) in [7, 11) is 0. The first-order chi connectivity index (χ1) is 4.48. The first-order valence-corrected chi connectivity index (χ1v) is 3.92. The van der Waals surface area contributed by atoms with Crippen molar-refractivity contribution in [1.29, 1.82) is 0 Å². The lowest BCUT2D eigenvalue weighted by molar-refractivity contribution is 0.0542. The zero-order chi connectivity index (χ0) is 8.20. The van der Waals surface area contributed by atoms with Crippen LogP contribution in [0.15, 0.2) is 10.8 Å². The van der Waals surface area contributed by atoms with Crippen molar-refractivity contribution in [3.63, 3.8) is 0 Å². The van der Waals surface area contributed by atoms with E-state index < -0.39 is 0 Å². The van der Waals surface area contributed by atoms with Gasteiger partial charge >= 0.3 is 0 Å². The second-order valence-electron chi connectivity index (χ2n) is 2.64. The number of ether oxygens (including phenoxy) is 1. The molecule has 0 aromatic heterocycles. The molecule has 0 bridgehead atoms. The maximum Gasteiger partial charge on any atom is 0.141 e. The van der Waals surface area contributed by atoms with Crippen molar-refractivity contribution in [1.82, 2.24) is 0 Å². The van der Waals surface area contributed by atoms with E-state index >= 15 is 0 Å². The van der Waals surface area contributed by atoms with E-state index in [1.54, 1.807) is 0 Å². The second-order valence-corrected chi connectivity index (χ2v) is 3.65. The lowest BCUT2D eigenvalue weighted by atomic mass is 10.1. The number of hydrogen-bond acceptors (Lipinski definition) is 1. The van der Waals surface area contributed by atoms with Gasteiger partial charge in [0.25, 0.3) is 0 Å². The van der Waals surface area contributed by atoms with Gasteiger partial charge in [-0.2, -0.15) is 0 Å². The largest absolute Gasteiger partial charge is 0.493 e. The van der Waals surface area contributed by atoms with Crippen molar-refractivity contribution in [3.05, 3.63) is 10.8 Å². The van der Waals surface area contributed by atoms with Crippen LogP contribution in [0.2, 0.25) is 0 Å². The molecule has 0 saturated heterocycles. The van der Waals surface area contributed by atoms with Crippen molar-refractivity contribution < 1.29 is 4.74 Å². The Morgan fingerprint density at radius 2 is 2.00 bits per heavy atom. The highest BCUT2D eigenvalue weighted by molar-refractivity contribution is 6.55. The summed E-state index contributed by atoms with van der Waals surface area (Å²) in [6.45, 7) is 5.98. The minimum absolute atomic E-state index is 0.154. The molecule has 0 unspecified atom stereocenters. The van der Waals surface area contributed by atoms with Crippen LogP contribution in [0.5, 0.6) is 0 Å². The van der Waals surface area contributed by atoms with Crippen LogP contribution in [0.1, 0.15) is 27.2 Å². The Hall–Kier alpha value is 0.120. The highest BCUT2D eigenvalue weighted by Crippen LogP contribution is 2.16. The first kappa shape index (κ1) is 10.1. The monoisotopic (exact) mass is 182 g/mol. The summed E-state index contributed by atoms with van der Waals surface area (Å²) < 4.78 is 5.37. The van der Waals surface area contributed by atoms with Crippen molar-refractivity contribution in [2.24, 2.45) is 0 Å². The molecule has 0 saturated carbocycles. The summed E-state index contributed by atoms with van der Waals surface area (Å²) >= 11 is 10.7. The summed E-state index contributed by atoms with van der Waals surface area (Å²) in [6.07, 6.45) is 2.27. The first-order valence-electron chi connectivity index (χ1n) is 3.17. The highest BCUT2D eigenvalue weighted by atomic mass is 35.5. The summed E-state index contributed by atoms with van der Waals surface area (Å²) in [5.74, 6) is 0. The average molecular weight is 183 g/mol. The van der Waals surface area contributed by atoms with Crippen LogP contribution in [0.4, 0.5) is 0 Å². The van der Waals surface area contributed by atoms with Gasteiger partial charge in [0.05, 0.1) is 0 Å². The van der Waals surface area contributed by atoms with Gasteiger partial charge in [-0.05, 0) is 20.3 Å². The van der Waals surface area contributed by atoms with E-state index in [1.807, 2.05) is 20.8 Å². The molecule has 0 radical (unpaired) electrons. The Labute approximate surface area is 72.0 Å². The van der Waals surface area contributed by atoms with E-state index in [1.165, 1.54) is 6.26 Å².